The van der Waals surface area contributed by atoms with Crippen LogP contribution in [0.15, 0.2) is 12.4 Å². The summed E-state index contributed by atoms with van der Waals surface area (Å²) in [5.41, 5.74) is -0.851. The van der Waals surface area contributed by atoms with Gasteiger partial charge in [-0.1, -0.05) is 0 Å². The Hall–Kier alpha value is -1.79. The number of alkyl halides is 2. The van der Waals surface area contributed by atoms with Gasteiger partial charge in [0.15, 0.2) is 5.69 Å². The molecule has 7 heteroatoms. The summed E-state index contributed by atoms with van der Waals surface area (Å²) < 4.78 is 35.9. The summed E-state index contributed by atoms with van der Waals surface area (Å²) in [5, 5.41) is 0. The molecule has 0 unspecified atom stereocenters. The number of methoxy groups -OCH3 is 1. The van der Waals surface area contributed by atoms with E-state index < -0.39 is 23.5 Å². The van der Waals surface area contributed by atoms with Crippen LogP contribution in [0.3, 0.4) is 0 Å². The Bertz CT molecular complexity index is 385. The van der Waals surface area contributed by atoms with Gasteiger partial charge in [-0.25, -0.2) is 14.8 Å². The maximum Gasteiger partial charge on any atom is 0.389 e. The van der Waals surface area contributed by atoms with Gasteiger partial charge in [0.1, 0.15) is 0 Å². The van der Waals surface area contributed by atoms with Gasteiger partial charge in [0.05, 0.1) is 13.7 Å². The van der Waals surface area contributed by atoms with Crippen molar-refractivity contribution in [3.05, 3.63) is 18.1 Å². The molecule has 0 N–H and O–H groups in total. The van der Waals surface area contributed by atoms with Gasteiger partial charge >= 0.3 is 11.9 Å². The maximum atomic E-state index is 13.5. The summed E-state index contributed by atoms with van der Waals surface area (Å²) in [5.74, 6) is -5.94. The van der Waals surface area contributed by atoms with E-state index in [4.69, 9.17) is 0 Å². The third-order valence-corrected chi connectivity index (χ3v) is 1.69. The Kier molecular flexibility index (Phi) is 3.70. The van der Waals surface area contributed by atoms with E-state index in [1.807, 2.05) is 0 Å². The molecule has 0 saturated carbocycles. The highest BCUT2D eigenvalue weighted by Gasteiger charge is 2.47. The fourth-order valence-electron chi connectivity index (χ4n) is 1.01. The number of ether oxygens (including phenoxy) is 2. The smallest absolute Gasteiger partial charge is 0.389 e. The molecule has 0 aromatic carbocycles. The number of nitrogens with zero attached hydrogens (tertiary/aromatic N) is 2. The van der Waals surface area contributed by atoms with Crippen molar-refractivity contribution in [1.29, 1.82) is 0 Å². The third-order valence-electron chi connectivity index (χ3n) is 1.69. The predicted molar refractivity (Wildman–Crippen MR) is 49.1 cm³/mol. The molecule has 0 radical (unpaired) electrons. The minimum Gasteiger partial charge on any atom is -0.480 e. The van der Waals surface area contributed by atoms with E-state index >= 15 is 0 Å². The summed E-state index contributed by atoms with van der Waals surface area (Å²) in [6.45, 7) is 1.29. The molecule has 0 spiro atoms. The van der Waals surface area contributed by atoms with Crippen LogP contribution in [-0.2, 0) is 15.5 Å². The zero-order valence-corrected chi connectivity index (χ0v) is 8.74. The third kappa shape index (κ3) is 2.23. The summed E-state index contributed by atoms with van der Waals surface area (Å²) >= 11 is 0. The lowest BCUT2D eigenvalue weighted by Gasteiger charge is -2.15. The van der Waals surface area contributed by atoms with Gasteiger partial charge in [0, 0.05) is 12.4 Å². The second-order valence-electron chi connectivity index (χ2n) is 2.71. The first-order valence-corrected chi connectivity index (χ1v) is 4.44. The number of carbonyl (C=O) groups is 1. The molecule has 0 fully saturated rings. The Morgan fingerprint density at radius 2 is 2.06 bits per heavy atom. The van der Waals surface area contributed by atoms with E-state index in [1.165, 1.54) is 13.1 Å². The van der Waals surface area contributed by atoms with Crippen molar-refractivity contribution >= 4 is 5.97 Å². The average Bonchev–Trinajstić information content (AvgIpc) is 2.29. The number of carbonyl (C=O) groups excluding carboxylic acids is 1. The summed E-state index contributed by atoms with van der Waals surface area (Å²) in [7, 11) is 1.16. The quantitative estimate of drug-likeness (QED) is 0.728. The maximum absolute atomic E-state index is 13.5. The minimum atomic E-state index is -3.87. The largest absolute Gasteiger partial charge is 0.480 e. The second-order valence-corrected chi connectivity index (χ2v) is 2.71. The number of rotatable bonds is 4. The monoisotopic (exact) mass is 232 g/mol. The molecule has 1 aromatic heterocycles. The van der Waals surface area contributed by atoms with Crippen LogP contribution in [0, 0.1) is 0 Å². The molecular weight excluding hydrogens is 222 g/mol. The normalized spacial score (nSPS) is 11.0. The second kappa shape index (κ2) is 4.82. The van der Waals surface area contributed by atoms with Crippen molar-refractivity contribution in [2.75, 3.05) is 13.7 Å². The van der Waals surface area contributed by atoms with Crippen molar-refractivity contribution in [1.82, 2.24) is 9.97 Å². The fraction of sp³-hybridized carbons (Fsp3) is 0.444. The molecule has 0 aliphatic carbocycles. The van der Waals surface area contributed by atoms with Gasteiger partial charge in [-0.15, -0.1) is 0 Å². The van der Waals surface area contributed by atoms with Crippen molar-refractivity contribution < 1.29 is 23.0 Å². The van der Waals surface area contributed by atoms with Crippen LogP contribution in [-0.4, -0.2) is 29.7 Å². The number of halogens is 2. The SMILES string of the molecule is CCOC(=O)C(F)(F)c1nccnc1OC. The lowest BCUT2D eigenvalue weighted by molar-refractivity contribution is -0.173. The Labute approximate surface area is 90.4 Å². The molecule has 1 rings (SSSR count). The van der Waals surface area contributed by atoms with Gasteiger partial charge in [0.2, 0.25) is 5.88 Å². The molecule has 5 nitrogen and oxygen atoms in total. The first-order chi connectivity index (χ1) is 7.54. The number of esters is 1. The molecule has 0 saturated heterocycles. The lowest BCUT2D eigenvalue weighted by Crippen LogP contribution is -2.30. The lowest BCUT2D eigenvalue weighted by atomic mass is 10.2. The summed E-state index contributed by atoms with van der Waals surface area (Å²) in [4.78, 5) is 18.0. The number of aromatic nitrogens is 2. The van der Waals surface area contributed by atoms with Crippen molar-refractivity contribution in [2.45, 2.75) is 12.8 Å². The summed E-state index contributed by atoms with van der Waals surface area (Å²) in [6, 6.07) is 0. The molecule has 0 aliphatic heterocycles. The minimum absolute atomic E-state index is 0.142. The van der Waals surface area contributed by atoms with Gasteiger partial charge in [0.25, 0.3) is 0 Å². The predicted octanol–water partition coefficient (Wildman–Crippen LogP) is 1.14. The van der Waals surface area contributed by atoms with Crippen LogP contribution in [0.1, 0.15) is 12.6 Å². The zero-order valence-electron chi connectivity index (χ0n) is 8.74. The fourth-order valence-corrected chi connectivity index (χ4v) is 1.01. The van der Waals surface area contributed by atoms with Gasteiger partial charge in [-0.05, 0) is 6.92 Å². The van der Waals surface area contributed by atoms with E-state index in [2.05, 4.69) is 19.4 Å². The van der Waals surface area contributed by atoms with Crippen LogP contribution in [0.25, 0.3) is 0 Å². The van der Waals surface area contributed by atoms with Crippen molar-refractivity contribution in [2.24, 2.45) is 0 Å². The number of hydrogen-bond acceptors (Lipinski definition) is 5. The highest BCUT2D eigenvalue weighted by Crippen LogP contribution is 2.32. The molecule has 0 amide bonds. The van der Waals surface area contributed by atoms with Crippen molar-refractivity contribution in [3.8, 4) is 5.88 Å². The van der Waals surface area contributed by atoms with E-state index in [1.54, 1.807) is 0 Å². The average molecular weight is 232 g/mol. The zero-order chi connectivity index (χ0) is 12.2. The van der Waals surface area contributed by atoms with Gasteiger partial charge < -0.3 is 9.47 Å². The molecule has 88 valence electrons. The number of hydrogen-bond donors (Lipinski definition) is 0. The van der Waals surface area contributed by atoms with Crippen LogP contribution in [0.5, 0.6) is 5.88 Å². The van der Waals surface area contributed by atoms with Crippen LogP contribution >= 0.6 is 0 Å². The molecule has 1 heterocycles. The van der Waals surface area contributed by atoms with Crippen molar-refractivity contribution in [3.63, 3.8) is 0 Å². The Morgan fingerprint density at radius 3 is 2.62 bits per heavy atom. The Morgan fingerprint density at radius 1 is 1.44 bits per heavy atom. The highest BCUT2D eigenvalue weighted by molar-refractivity contribution is 5.79. The Balaban J connectivity index is 3.10. The molecular formula is C9H10F2N2O3. The van der Waals surface area contributed by atoms with E-state index in [-0.39, 0.29) is 6.61 Å². The van der Waals surface area contributed by atoms with Gasteiger partial charge in [-0.3, -0.25) is 0 Å². The molecule has 1 aromatic rings. The standard InChI is InChI=1S/C9H10F2N2O3/c1-3-16-8(14)9(10,11)6-7(15-2)13-5-4-12-6/h4-5H,3H2,1-2H3. The first kappa shape index (κ1) is 12.3. The highest BCUT2D eigenvalue weighted by atomic mass is 19.3. The van der Waals surface area contributed by atoms with Crippen LogP contribution < -0.4 is 4.74 Å². The first-order valence-electron chi connectivity index (χ1n) is 4.44. The van der Waals surface area contributed by atoms with E-state index in [0.29, 0.717) is 0 Å². The van der Waals surface area contributed by atoms with Gasteiger partial charge in [-0.2, -0.15) is 8.78 Å². The molecule has 0 atom stereocenters. The molecule has 16 heavy (non-hydrogen) atoms. The molecule has 0 aliphatic rings. The van der Waals surface area contributed by atoms with Crippen LogP contribution in [0.2, 0.25) is 0 Å². The summed E-state index contributed by atoms with van der Waals surface area (Å²) in [6.07, 6.45) is 2.23. The van der Waals surface area contributed by atoms with E-state index in [9.17, 15) is 13.6 Å². The topological polar surface area (TPSA) is 61.3 Å². The van der Waals surface area contributed by atoms with Crippen LogP contribution in [0.4, 0.5) is 8.78 Å². The van der Waals surface area contributed by atoms with E-state index in [0.717, 1.165) is 13.3 Å². The molecule has 0 bridgehead atoms.